The summed E-state index contributed by atoms with van der Waals surface area (Å²) < 4.78 is 13.0. The van der Waals surface area contributed by atoms with Gasteiger partial charge in [-0.1, -0.05) is 32.9 Å². The maximum absolute atomic E-state index is 13.0. The molecule has 3 N–H and O–H groups in total. The van der Waals surface area contributed by atoms with E-state index in [4.69, 9.17) is 0 Å². The second-order valence-corrected chi connectivity index (χ2v) is 7.78. The predicted octanol–water partition coefficient (Wildman–Crippen LogP) is 4.39. The van der Waals surface area contributed by atoms with Crippen LogP contribution in [0.25, 0.3) is 0 Å². The van der Waals surface area contributed by atoms with Crippen LogP contribution in [0.1, 0.15) is 48.0 Å². The number of H-pyrrole nitrogens is 1. The molecule has 1 aromatic heterocycles. The fourth-order valence-corrected chi connectivity index (χ4v) is 2.95. The number of aromatic nitrogens is 2. The van der Waals surface area contributed by atoms with Gasteiger partial charge in [0.25, 0.3) is 5.91 Å². The fourth-order valence-electron chi connectivity index (χ4n) is 2.95. The second-order valence-electron chi connectivity index (χ2n) is 7.78. The molecule has 28 heavy (non-hydrogen) atoms. The molecular weight excluding hydrogens is 355 g/mol. The minimum Gasteiger partial charge on any atom is -0.322 e. The Labute approximate surface area is 164 Å². The second kappa shape index (κ2) is 8.35. The summed E-state index contributed by atoms with van der Waals surface area (Å²) in [5.41, 5.74) is 4.55. The number of carbonyl (C=O) groups is 1. The molecule has 0 spiro atoms. The van der Waals surface area contributed by atoms with E-state index in [0.717, 1.165) is 23.4 Å². The van der Waals surface area contributed by atoms with Crippen molar-refractivity contribution < 1.29 is 9.18 Å². The molecule has 0 atom stereocenters. The average Bonchev–Trinajstić information content (AvgIpc) is 3.13. The molecule has 146 valence electrons. The Hall–Kier alpha value is -2.99. The van der Waals surface area contributed by atoms with Crippen LogP contribution < -0.4 is 10.6 Å². The third-order valence-corrected chi connectivity index (χ3v) is 4.43. The highest BCUT2D eigenvalue weighted by Crippen LogP contribution is 2.23. The molecule has 0 unspecified atom stereocenters. The van der Waals surface area contributed by atoms with E-state index in [1.54, 1.807) is 0 Å². The maximum atomic E-state index is 13.0. The lowest BCUT2D eigenvalue weighted by Crippen LogP contribution is -2.19. The van der Waals surface area contributed by atoms with Crippen LogP contribution in [-0.4, -0.2) is 16.1 Å². The van der Waals surface area contributed by atoms with Crippen LogP contribution >= 0.6 is 0 Å². The number of carbonyl (C=O) groups excluding carboxylic acids is 1. The van der Waals surface area contributed by atoms with Gasteiger partial charge in [0, 0.05) is 41.0 Å². The van der Waals surface area contributed by atoms with Crippen molar-refractivity contribution in [3.05, 3.63) is 82.9 Å². The highest BCUT2D eigenvalue weighted by Gasteiger charge is 2.19. The number of amides is 1. The summed E-state index contributed by atoms with van der Waals surface area (Å²) in [6.07, 6.45) is 1.86. The number of rotatable bonds is 6. The first-order chi connectivity index (χ1) is 13.3. The largest absolute Gasteiger partial charge is 0.322 e. The molecule has 3 aromatic rings. The highest BCUT2D eigenvalue weighted by molar-refractivity contribution is 6.04. The van der Waals surface area contributed by atoms with Crippen LogP contribution in [0.2, 0.25) is 0 Å². The van der Waals surface area contributed by atoms with Gasteiger partial charge in [-0.05, 0) is 42.0 Å². The van der Waals surface area contributed by atoms with Crippen molar-refractivity contribution in [2.75, 3.05) is 5.32 Å². The van der Waals surface area contributed by atoms with Crippen LogP contribution in [0.3, 0.4) is 0 Å². The number of halogens is 1. The first-order valence-electron chi connectivity index (χ1n) is 9.22. The Morgan fingerprint density at radius 3 is 2.36 bits per heavy atom. The number of hydrogen-bond donors (Lipinski definition) is 3. The van der Waals surface area contributed by atoms with E-state index in [-0.39, 0.29) is 17.1 Å². The van der Waals surface area contributed by atoms with Crippen LogP contribution in [-0.2, 0) is 18.5 Å². The zero-order valence-electron chi connectivity index (χ0n) is 16.3. The van der Waals surface area contributed by atoms with Crippen molar-refractivity contribution in [1.29, 1.82) is 0 Å². The van der Waals surface area contributed by atoms with Gasteiger partial charge in [0.15, 0.2) is 0 Å². The first kappa shape index (κ1) is 19.8. The van der Waals surface area contributed by atoms with Gasteiger partial charge in [0.1, 0.15) is 5.82 Å². The molecule has 0 bridgehead atoms. The number of aromatic amines is 1. The number of anilines is 1. The van der Waals surface area contributed by atoms with E-state index < -0.39 is 0 Å². The van der Waals surface area contributed by atoms with E-state index in [9.17, 15) is 9.18 Å². The Morgan fingerprint density at radius 2 is 1.71 bits per heavy atom. The monoisotopic (exact) mass is 380 g/mol. The Balaban J connectivity index is 1.53. The molecule has 0 saturated heterocycles. The molecule has 0 radical (unpaired) electrons. The number of nitrogens with zero attached hydrogens (tertiary/aromatic N) is 1. The normalized spacial score (nSPS) is 11.4. The lowest BCUT2D eigenvalue weighted by molar-refractivity contribution is 0.102. The third kappa shape index (κ3) is 5.04. The minimum atomic E-state index is -0.363. The Bertz CT molecular complexity index is 924. The summed E-state index contributed by atoms with van der Waals surface area (Å²) in [5, 5.41) is 13.5. The lowest BCUT2D eigenvalue weighted by Gasteiger charge is -2.18. The highest BCUT2D eigenvalue weighted by atomic mass is 19.1. The Kier molecular flexibility index (Phi) is 5.90. The molecule has 3 rings (SSSR count). The van der Waals surface area contributed by atoms with E-state index in [1.165, 1.54) is 24.3 Å². The van der Waals surface area contributed by atoms with Crippen LogP contribution in [0.4, 0.5) is 10.1 Å². The maximum Gasteiger partial charge on any atom is 0.255 e. The van der Waals surface area contributed by atoms with Crippen LogP contribution in [0.15, 0.2) is 54.7 Å². The molecule has 1 amide bonds. The molecule has 1 heterocycles. The van der Waals surface area contributed by atoms with Crippen molar-refractivity contribution in [3.63, 3.8) is 0 Å². The summed E-state index contributed by atoms with van der Waals surface area (Å²) in [5.74, 6) is -0.626. The summed E-state index contributed by atoms with van der Waals surface area (Å²) in [6, 6.07) is 13.1. The molecule has 6 heteroatoms. The minimum absolute atomic E-state index is 0.0257. The van der Waals surface area contributed by atoms with Crippen LogP contribution in [0.5, 0.6) is 0 Å². The Morgan fingerprint density at radius 1 is 1.04 bits per heavy atom. The zero-order valence-corrected chi connectivity index (χ0v) is 16.3. The summed E-state index contributed by atoms with van der Waals surface area (Å²) >= 11 is 0. The average molecular weight is 380 g/mol. The standard InChI is InChI=1S/C22H25FN4O/c1-22(2,3)20-17(14-25-27-20)13-24-12-15-4-10-19(11-5-15)26-21(28)16-6-8-18(23)9-7-16/h4-11,14,24H,12-13H2,1-3H3,(H,25,27)(H,26,28). The SMILES string of the molecule is CC(C)(C)c1[nH]ncc1CNCc1ccc(NC(=O)c2ccc(F)cc2)cc1. The van der Waals surface area contributed by atoms with Gasteiger partial charge in [-0.3, -0.25) is 9.89 Å². The van der Waals surface area contributed by atoms with Gasteiger partial charge in [-0.2, -0.15) is 5.10 Å². The van der Waals surface area contributed by atoms with Crippen molar-refractivity contribution in [3.8, 4) is 0 Å². The van der Waals surface area contributed by atoms with Gasteiger partial charge in [-0.25, -0.2) is 4.39 Å². The van der Waals surface area contributed by atoms with Crippen molar-refractivity contribution >= 4 is 11.6 Å². The van der Waals surface area contributed by atoms with Crippen molar-refractivity contribution in [1.82, 2.24) is 15.5 Å². The zero-order chi connectivity index (χ0) is 20.1. The molecule has 2 aromatic carbocycles. The topological polar surface area (TPSA) is 69.8 Å². The van der Waals surface area contributed by atoms with Crippen molar-refractivity contribution in [2.24, 2.45) is 0 Å². The molecule has 5 nitrogen and oxygen atoms in total. The quantitative estimate of drug-likeness (QED) is 0.594. The van der Waals surface area contributed by atoms with Gasteiger partial charge < -0.3 is 10.6 Å². The van der Waals surface area contributed by atoms with Gasteiger partial charge in [0.05, 0.1) is 6.20 Å². The van der Waals surface area contributed by atoms with E-state index in [2.05, 4.69) is 41.6 Å². The van der Waals surface area contributed by atoms with Gasteiger partial charge in [-0.15, -0.1) is 0 Å². The molecular formula is C22H25FN4O. The van der Waals surface area contributed by atoms with Crippen LogP contribution in [0, 0.1) is 5.82 Å². The van der Waals surface area contributed by atoms with E-state index in [0.29, 0.717) is 17.8 Å². The predicted molar refractivity (Wildman–Crippen MR) is 109 cm³/mol. The van der Waals surface area contributed by atoms with Crippen molar-refractivity contribution in [2.45, 2.75) is 39.3 Å². The number of benzene rings is 2. The molecule has 0 aliphatic rings. The van der Waals surface area contributed by atoms with Gasteiger partial charge >= 0.3 is 0 Å². The summed E-state index contributed by atoms with van der Waals surface area (Å²) in [4.78, 5) is 12.2. The molecule has 0 aliphatic heterocycles. The molecule has 0 aliphatic carbocycles. The molecule has 0 saturated carbocycles. The lowest BCUT2D eigenvalue weighted by atomic mass is 9.89. The smallest absolute Gasteiger partial charge is 0.255 e. The summed E-state index contributed by atoms with van der Waals surface area (Å²) in [7, 11) is 0. The van der Waals surface area contributed by atoms with E-state index >= 15 is 0 Å². The van der Waals surface area contributed by atoms with E-state index in [1.807, 2.05) is 30.5 Å². The van der Waals surface area contributed by atoms with Gasteiger partial charge in [0.2, 0.25) is 0 Å². The summed E-state index contributed by atoms with van der Waals surface area (Å²) in [6.45, 7) is 7.90. The molecule has 0 fully saturated rings. The first-order valence-corrected chi connectivity index (χ1v) is 9.22. The third-order valence-electron chi connectivity index (χ3n) is 4.43. The fraction of sp³-hybridized carbons (Fsp3) is 0.273. The number of nitrogens with one attached hydrogen (secondary N) is 3. The number of hydrogen-bond acceptors (Lipinski definition) is 3.